The van der Waals surface area contributed by atoms with Gasteiger partial charge in [0.25, 0.3) is 0 Å². The molecule has 0 bridgehead atoms. The molecule has 0 fully saturated rings. The maximum absolute atomic E-state index is 13.2. The second-order valence-corrected chi connectivity index (χ2v) is 8.41. The van der Waals surface area contributed by atoms with Gasteiger partial charge in [-0.1, -0.05) is 71.3 Å². The van der Waals surface area contributed by atoms with Gasteiger partial charge < -0.3 is 14.0 Å². The summed E-state index contributed by atoms with van der Waals surface area (Å²) >= 11 is 6.15. The summed E-state index contributed by atoms with van der Waals surface area (Å²) in [5.74, 6) is -1.28. The third kappa shape index (κ3) is 4.22. The molecule has 0 saturated carbocycles. The fourth-order valence-corrected chi connectivity index (χ4v) is 4.12. The van der Waals surface area contributed by atoms with E-state index in [4.69, 9.17) is 21.1 Å². The Hall–Kier alpha value is -3.83. The van der Waals surface area contributed by atoms with Crippen LogP contribution in [0.3, 0.4) is 0 Å². The number of aryl methyl sites for hydroxylation is 2. The standard InChI is InChI=1S/C28H24ClNO4/c1-17-5-9-19(10-6-17)23-24(27(31)33-3)26(28(32)34-4)30(22-15-13-21(29)14-16-22)25(23)20-11-7-18(2)8-12-20/h5-16H,1-4H3. The Labute approximate surface area is 203 Å². The van der Waals surface area contributed by atoms with E-state index < -0.39 is 11.9 Å². The fourth-order valence-electron chi connectivity index (χ4n) is 4.00. The number of carbonyl (C=O) groups is 2. The Morgan fingerprint density at radius 1 is 0.706 bits per heavy atom. The van der Waals surface area contributed by atoms with Gasteiger partial charge in [-0.3, -0.25) is 0 Å². The number of hydrogen-bond donors (Lipinski definition) is 0. The molecule has 1 heterocycles. The lowest BCUT2D eigenvalue weighted by Gasteiger charge is -2.15. The lowest BCUT2D eigenvalue weighted by atomic mass is 9.95. The number of rotatable bonds is 5. The molecule has 4 rings (SSSR count). The Morgan fingerprint density at radius 3 is 1.71 bits per heavy atom. The van der Waals surface area contributed by atoms with Crippen LogP contribution in [0, 0.1) is 13.8 Å². The zero-order valence-corrected chi connectivity index (χ0v) is 20.1. The van der Waals surface area contributed by atoms with Crippen LogP contribution in [0.2, 0.25) is 5.02 Å². The molecule has 0 amide bonds. The molecule has 172 valence electrons. The van der Waals surface area contributed by atoms with E-state index in [-0.39, 0.29) is 11.3 Å². The maximum Gasteiger partial charge on any atom is 0.355 e. The molecule has 34 heavy (non-hydrogen) atoms. The summed E-state index contributed by atoms with van der Waals surface area (Å²) in [5, 5.41) is 0.555. The third-order valence-corrected chi connectivity index (χ3v) is 5.94. The molecular formula is C28H24ClNO4. The first kappa shape index (κ1) is 23.3. The Morgan fingerprint density at radius 2 is 1.21 bits per heavy atom. The van der Waals surface area contributed by atoms with Crippen LogP contribution in [0.1, 0.15) is 32.0 Å². The van der Waals surface area contributed by atoms with Crippen molar-refractivity contribution in [2.24, 2.45) is 0 Å². The summed E-state index contributed by atoms with van der Waals surface area (Å²) in [6.07, 6.45) is 0. The van der Waals surface area contributed by atoms with Gasteiger partial charge in [0, 0.05) is 16.3 Å². The van der Waals surface area contributed by atoms with Gasteiger partial charge in [0.15, 0.2) is 0 Å². The summed E-state index contributed by atoms with van der Waals surface area (Å²) in [4.78, 5) is 26.4. The average Bonchev–Trinajstić information content (AvgIpc) is 3.20. The summed E-state index contributed by atoms with van der Waals surface area (Å²) in [6.45, 7) is 3.99. The molecule has 0 aliphatic carbocycles. The number of nitrogens with zero attached hydrogens (tertiary/aromatic N) is 1. The largest absolute Gasteiger partial charge is 0.465 e. The number of hydrogen-bond acceptors (Lipinski definition) is 4. The molecule has 3 aromatic carbocycles. The zero-order chi connectivity index (χ0) is 24.4. The number of ether oxygens (including phenoxy) is 2. The van der Waals surface area contributed by atoms with Crippen LogP contribution in [0.15, 0.2) is 72.8 Å². The summed E-state index contributed by atoms with van der Waals surface area (Å²) < 4.78 is 12.0. The Balaban J connectivity index is 2.23. The number of halogens is 1. The van der Waals surface area contributed by atoms with Gasteiger partial charge in [-0.25, -0.2) is 9.59 Å². The van der Waals surface area contributed by atoms with E-state index in [1.54, 1.807) is 28.8 Å². The lowest BCUT2D eigenvalue weighted by molar-refractivity contribution is 0.0550. The SMILES string of the molecule is COC(=O)c1c(-c2ccc(C)cc2)c(-c2ccc(C)cc2)n(-c2ccc(Cl)cc2)c1C(=O)OC. The minimum atomic E-state index is -0.651. The quantitative estimate of drug-likeness (QED) is 0.304. The van der Waals surface area contributed by atoms with E-state index >= 15 is 0 Å². The van der Waals surface area contributed by atoms with Gasteiger partial charge in [-0.15, -0.1) is 0 Å². The molecule has 0 aliphatic rings. The van der Waals surface area contributed by atoms with Crippen LogP contribution in [-0.2, 0) is 9.47 Å². The molecule has 0 unspecified atom stereocenters. The fraction of sp³-hybridized carbons (Fsp3) is 0.143. The zero-order valence-electron chi connectivity index (χ0n) is 19.4. The van der Waals surface area contributed by atoms with Gasteiger partial charge in [-0.05, 0) is 49.2 Å². The maximum atomic E-state index is 13.2. The van der Waals surface area contributed by atoms with Crippen molar-refractivity contribution in [3.8, 4) is 28.1 Å². The van der Waals surface area contributed by atoms with Crippen molar-refractivity contribution in [1.29, 1.82) is 0 Å². The van der Waals surface area contributed by atoms with Crippen molar-refractivity contribution in [1.82, 2.24) is 4.57 Å². The molecule has 0 radical (unpaired) electrons. The number of methoxy groups -OCH3 is 2. The summed E-state index contributed by atoms with van der Waals surface area (Å²) in [5.41, 5.74) is 5.92. The van der Waals surface area contributed by atoms with Crippen LogP contribution >= 0.6 is 11.6 Å². The smallest absolute Gasteiger partial charge is 0.355 e. The molecule has 1 aromatic heterocycles. The second kappa shape index (κ2) is 9.57. The van der Waals surface area contributed by atoms with Crippen molar-refractivity contribution in [3.63, 3.8) is 0 Å². The van der Waals surface area contributed by atoms with Gasteiger partial charge in [0.1, 0.15) is 11.3 Å². The van der Waals surface area contributed by atoms with E-state index in [2.05, 4.69) is 0 Å². The predicted molar refractivity (Wildman–Crippen MR) is 134 cm³/mol. The molecule has 0 saturated heterocycles. The molecule has 0 spiro atoms. The Bertz CT molecular complexity index is 1270. The van der Waals surface area contributed by atoms with Crippen LogP contribution in [0.5, 0.6) is 0 Å². The molecule has 6 heteroatoms. The Kier molecular flexibility index (Phi) is 6.57. The van der Waals surface area contributed by atoms with Crippen molar-refractivity contribution in [3.05, 3.63) is 100 Å². The average molecular weight is 474 g/mol. The summed E-state index contributed by atoms with van der Waals surface area (Å²) in [6, 6.07) is 22.8. The van der Waals surface area contributed by atoms with Crippen molar-refractivity contribution in [2.75, 3.05) is 14.2 Å². The van der Waals surface area contributed by atoms with Crippen LogP contribution in [-0.4, -0.2) is 30.7 Å². The number of carbonyl (C=O) groups excluding carboxylic acids is 2. The normalized spacial score (nSPS) is 10.7. The highest BCUT2D eigenvalue weighted by molar-refractivity contribution is 6.30. The minimum absolute atomic E-state index is 0.0859. The molecule has 4 aromatic rings. The predicted octanol–water partition coefficient (Wildman–Crippen LogP) is 6.65. The van der Waals surface area contributed by atoms with Crippen LogP contribution in [0.4, 0.5) is 0 Å². The van der Waals surface area contributed by atoms with Crippen molar-refractivity contribution >= 4 is 23.5 Å². The third-order valence-electron chi connectivity index (χ3n) is 5.69. The lowest BCUT2D eigenvalue weighted by Crippen LogP contribution is -2.15. The highest BCUT2D eigenvalue weighted by Gasteiger charge is 2.34. The van der Waals surface area contributed by atoms with E-state index in [1.165, 1.54) is 14.2 Å². The van der Waals surface area contributed by atoms with Gasteiger partial charge in [0.05, 0.1) is 19.9 Å². The van der Waals surface area contributed by atoms with Gasteiger partial charge in [0.2, 0.25) is 0 Å². The topological polar surface area (TPSA) is 57.5 Å². The van der Waals surface area contributed by atoms with Crippen LogP contribution < -0.4 is 0 Å². The summed E-state index contributed by atoms with van der Waals surface area (Å²) in [7, 11) is 2.59. The second-order valence-electron chi connectivity index (χ2n) is 7.97. The van der Waals surface area contributed by atoms with E-state index in [0.717, 1.165) is 22.3 Å². The van der Waals surface area contributed by atoms with Crippen LogP contribution in [0.25, 0.3) is 28.1 Å². The number of benzene rings is 3. The van der Waals surface area contributed by atoms with Crippen molar-refractivity contribution in [2.45, 2.75) is 13.8 Å². The van der Waals surface area contributed by atoms with Crippen molar-refractivity contribution < 1.29 is 19.1 Å². The molecule has 5 nitrogen and oxygen atoms in total. The first-order valence-electron chi connectivity index (χ1n) is 10.7. The first-order valence-corrected chi connectivity index (χ1v) is 11.1. The minimum Gasteiger partial charge on any atom is -0.465 e. The van der Waals surface area contributed by atoms with Gasteiger partial charge >= 0.3 is 11.9 Å². The van der Waals surface area contributed by atoms with E-state index in [9.17, 15) is 9.59 Å². The van der Waals surface area contributed by atoms with E-state index in [1.807, 2.05) is 62.4 Å². The monoisotopic (exact) mass is 473 g/mol. The molecular weight excluding hydrogens is 450 g/mol. The molecule has 0 N–H and O–H groups in total. The van der Waals surface area contributed by atoms with Gasteiger partial charge in [-0.2, -0.15) is 0 Å². The highest BCUT2D eigenvalue weighted by Crippen LogP contribution is 2.42. The first-order chi connectivity index (χ1) is 16.3. The highest BCUT2D eigenvalue weighted by atomic mass is 35.5. The molecule has 0 atom stereocenters. The number of aromatic nitrogens is 1. The molecule has 0 aliphatic heterocycles. The number of esters is 2. The van der Waals surface area contributed by atoms with E-state index in [0.29, 0.717) is 22.0 Å².